The van der Waals surface area contributed by atoms with Crippen molar-refractivity contribution in [3.8, 4) is 0 Å². The molecule has 0 aromatic rings. The number of aliphatic hydroxyl groups excluding tert-OH is 3. The molecule has 4 aliphatic rings. The Morgan fingerprint density at radius 2 is 1.25 bits per heavy atom. The molecule has 0 radical (unpaired) electrons. The van der Waals surface area contributed by atoms with Crippen LogP contribution in [0.1, 0.15) is 193 Å². The number of hydrogen-bond donors (Lipinski definition) is 6. The SMILES string of the molecule is C/C([O-])=C/C(=O)[O-].CCC(=O)CC(=O)OC(C)(C)C.CCC(=O)CCO.CCC(=O)O.CCC1(CCO)N=N1.CCCCCCCCCC1(CC(=O)N[C@H]2CCOC2=O)N=N1.CCCO.C[Si](C)(C)Cl.N[C@H]1CCOC1=O.[2H]CI.[Mg+2]. The number of nitrogens with zero attached hydrogens (tertiary/aromatic N) is 4. The van der Waals surface area contributed by atoms with E-state index in [4.69, 9.17) is 48.1 Å². The second-order valence-corrected chi connectivity index (χ2v) is 27.0. The van der Waals surface area contributed by atoms with Crippen molar-refractivity contribution < 1.29 is 84.6 Å². The number of carboxylic acid groups (broad SMARTS) is 2. The minimum atomic E-state index is -1.44. The van der Waals surface area contributed by atoms with Gasteiger partial charge in [-0.2, -0.15) is 31.5 Å². The molecule has 80 heavy (non-hydrogen) atoms. The first-order chi connectivity index (χ1) is 37.2. The molecule has 0 saturated carbocycles. The number of Topliss-reactive ketones (excluding diaryl/α,β-unsaturated/α-hetero) is 2. The van der Waals surface area contributed by atoms with Crippen LogP contribution in [0.3, 0.4) is 0 Å². The molecule has 0 aliphatic carbocycles. The van der Waals surface area contributed by atoms with E-state index in [9.17, 15) is 48.6 Å². The second kappa shape index (κ2) is 56.2. The minimum absolute atomic E-state index is 0. The van der Waals surface area contributed by atoms with Crippen molar-refractivity contribution in [3.05, 3.63) is 11.8 Å². The normalized spacial score (nSPS) is 16.0. The summed E-state index contributed by atoms with van der Waals surface area (Å²) in [4.78, 5) is 84.8. The Labute approximate surface area is 514 Å². The molecule has 2 fully saturated rings. The first kappa shape index (κ1) is 88.0. The maximum atomic E-state index is 12.0. The van der Waals surface area contributed by atoms with Crippen LogP contribution in [0, 0.1) is 0 Å². The molecule has 0 bridgehead atoms. The number of ketones is 2. The van der Waals surface area contributed by atoms with Crippen LogP contribution in [-0.2, 0) is 52.6 Å². The van der Waals surface area contributed by atoms with Crippen LogP contribution in [0.4, 0.5) is 0 Å². The van der Waals surface area contributed by atoms with Crippen LogP contribution in [0.25, 0.3) is 0 Å². The van der Waals surface area contributed by atoms with Gasteiger partial charge in [-0.05, 0) is 51.4 Å². The van der Waals surface area contributed by atoms with E-state index in [-0.39, 0.29) is 96.6 Å². The predicted molar refractivity (Wildman–Crippen MR) is 317 cm³/mol. The van der Waals surface area contributed by atoms with Crippen LogP contribution < -0.4 is 21.3 Å². The maximum Gasteiger partial charge on any atom is 2.00 e. The fourth-order valence-electron chi connectivity index (χ4n) is 5.13. The summed E-state index contributed by atoms with van der Waals surface area (Å²) in [6.45, 7) is 25.4. The molecule has 27 heteroatoms. The van der Waals surface area contributed by atoms with Crippen molar-refractivity contribution in [3.63, 3.8) is 0 Å². The molecular formula is C53H100ClIMgN6O17Si. The van der Waals surface area contributed by atoms with E-state index >= 15 is 0 Å². The van der Waals surface area contributed by atoms with Crippen LogP contribution >= 0.6 is 33.7 Å². The third kappa shape index (κ3) is 70.8. The Balaban J connectivity index is -0.000000161. The van der Waals surface area contributed by atoms with Gasteiger partial charge in [0.05, 0.1) is 25.6 Å². The van der Waals surface area contributed by atoms with E-state index < -0.39 is 48.4 Å². The third-order valence-electron chi connectivity index (χ3n) is 9.50. The van der Waals surface area contributed by atoms with Gasteiger partial charge in [0.1, 0.15) is 43.1 Å². The van der Waals surface area contributed by atoms with Gasteiger partial charge in [0.15, 0.2) is 11.3 Å². The quantitative estimate of drug-likeness (QED) is 0.00575. The Bertz CT molecular complexity index is 1770. The molecule has 1 amide bonds. The number of rotatable bonds is 23. The number of aliphatic carboxylic acids is 2. The summed E-state index contributed by atoms with van der Waals surface area (Å²) in [5.41, 5.74) is 4.05. The van der Waals surface area contributed by atoms with Crippen LogP contribution in [0.15, 0.2) is 32.3 Å². The molecule has 4 aliphatic heterocycles. The van der Waals surface area contributed by atoms with Gasteiger partial charge in [-0.25, -0.2) is 4.79 Å². The number of ether oxygens (including phenoxy) is 3. The van der Waals surface area contributed by atoms with E-state index in [0.717, 1.165) is 32.6 Å². The smallest absolute Gasteiger partial charge is 0.876 e. The first-order valence-corrected chi connectivity index (χ1v) is 32.9. The van der Waals surface area contributed by atoms with Crippen molar-refractivity contribution in [2.75, 3.05) is 37.9 Å². The van der Waals surface area contributed by atoms with Crippen LogP contribution in [0.5, 0.6) is 0 Å². The molecular weight excluding hydrogens is 1210 g/mol. The number of unbranched alkanes of at least 4 members (excludes halogenated alkanes) is 6. The van der Waals surface area contributed by atoms with E-state index in [1.54, 1.807) is 41.5 Å². The molecule has 2 saturated heterocycles. The number of hydrogen-bond acceptors (Lipinski definition) is 21. The van der Waals surface area contributed by atoms with E-state index in [2.05, 4.69) is 57.1 Å². The molecule has 2 atom stereocenters. The average molecular weight is 1310 g/mol. The molecule has 4 rings (SSSR count). The molecule has 0 unspecified atom stereocenters. The second-order valence-electron chi connectivity index (χ2n) is 19.5. The number of nitrogens with one attached hydrogen (secondary N) is 1. The molecule has 0 aromatic carbocycles. The van der Waals surface area contributed by atoms with E-state index in [1.165, 1.54) is 38.5 Å². The molecule has 7 N–H and O–H groups in total. The summed E-state index contributed by atoms with van der Waals surface area (Å²) < 4.78 is 20.5. The van der Waals surface area contributed by atoms with E-state index in [0.29, 0.717) is 69.3 Å². The Hall–Kier alpha value is -3.26. The largest absolute Gasteiger partial charge is 2.00 e. The molecule has 4 heterocycles. The van der Waals surface area contributed by atoms with Gasteiger partial charge in [0.2, 0.25) is 5.91 Å². The van der Waals surface area contributed by atoms with Crippen molar-refractivity contribution in [1.82, 2.24) is 5.32 Å². The zero-order chi connectivity index (χ0) is 63.4. The molecule has 0 aromatic heterocycles. The number of amides is 1. The maximum absolute atomic E-state index is 12.0. The Morgan fingerprint density at radius 3 is 1.50 bits per heavy atom. The summed E-state index contributed by atoms with van der Waals surface area (Å²) in [7, 11) is -1.14. The first-order valence-electron chi connectivity index (χ1n) is 27.5. The summed E-state index contributed by atoms with van der Waals surface area (Å²) in [5.74, 6) is -3.82. The number of nitrogens with two attached hydrogens (primary N) is 1. The van der Waals surface area contributed by atoms with Gasteiger partial charge in [-0.3, -0.25) is 28.8 Å². The molecule has 464 valence electrons. The van der Waals surface area contributed by atoms with Gasteiger partial charge < -0.3 is 60.7 Å². The average Bonchev–Trinajstić information content (AvgIpc) is 4.24. The number of carbonyl (C=O) groups excluding carboxylic acids is 7. The number of allylic oxidation sites excluding steroid dienone is 1. The monoisotopic (exact) mass is 1310 g/mol. The fourth-order valence-corrected chi connectivity index (χ4v) is 5.13. The van der Waals surface area contributed by atoms with Crippen molar-refractivity contribution in [2.45, 2.75) is 240 Å². The summed E-state index contributed by atoms with van der Waals surface area (Å²) in [6.07, 6.45) is 15.4. The van der Waals surface area contributed by atoms with Crippen LogP contribution in [0.2, 0.25) is 19.6 Å². The van der Waals surface area contributed by atoms with E-state index in [1.807, 2.05) is 36.4 Å². The van der Waals surface area contributed by atoms with Gasteiger partial charge in [0.25, 0.3) is 0 Å². The molecule has 23 nitrogen and oxygen atoms in total. The summed E-state index contributed by atoms with van der Waals surface area (Å²) in [5, 5.41) is 69.9. The number of cyclic esters (lactones) is 2. The van der Waals surface area contributed by atoms with Crippen molar-refractivity contribution >= 4 is 111 Å². The van der Waals surface area contributed by atoms with Crippen LogP contribution in [-0.4, -0.2) is 165 Å². The number of alkyl halides is 1. The topological polar surface area (TPSA) is 379 Å². The minimum Gasteiger partial charge on any atom is -0.876 e. The number of halogens is 2. The van der Waals surface area contributed by atoms with Gasteiger partial charge in [-0.1, -0.05) is 135 Å². The number of aliphatic hydroxyl groups is 3. The zero-order valence-electron chi connectivity index (χ0n) is 51.3. The third-order valence-corrected chi connectivity index (χ3v) is 9.50. The van der Waals surface area contributed by atoms with Crippen molar-refractivity contribution in [1.29, 1.82) is 0 Å². The zero-order valence-corrected chi connectivity index (χ0v) is 55.7. The molecule has 0 spiro atoms. The number of esters is 3. The number of carbonyl (C=O) groups is 8. The van der Waals surface area contributed by atoms with Gasteiger partial charge in [-0.15, -0.1) is 5.76 Å². The fraction of sp³-hybridized carbons (Fsp3) is 0.811. The Morgan fingerprint density at radius 1 is 0.800 bits per heavy atom. The van der Waals surface area contributed by atoms with Gasteiger partial charge in [0, 0.05) is 66.1 Å². The van der Waals surface area contributed by atoms with Gasteiger partial charge >= 0.3 is 46.9 Å². The number of carboxylic acids is 2. The standard InChI is InChI=1S/C16H27N3O3.C9H16O3.C5H10N2O.C5H10O2.C4H7NO2.C4H6O3.C3H9ClSi.C3H6O2.C3H8O.CH3I.Mg/c1-2-3-4-5-6-7-8-10-16(18-19-16)12-14(20)17-13-9-11-22-15(13)21;1-5-7(10)6-8(11)12-9(2,3)4;1-2-5(3-4-8)6-7-5;1-2-5(7)3-4-6;5-3-1-2-7-4(3)6;1-3(5)2-4(6)7;1-5(2,3)4;1-2-3(4)5;1-2-3-4;1-2;/h13H,2-12H2,1H3,(H,17,20);5-6H2,1-4H3;8H,2-4H2,1H3;6H,2-4H2,1H3;3H,1-2,5H2;2,5H,1H3,(H,6,7);1-3H3;2H2,1H3,(H,4,5);4H,2-3H2,1H3;1H3;/q;;;;;;;;;;+2/p-2/b;;;;;3-2-;;;;;/t13-;;;;3-;;;;;;/m0...0....../s1/i;;;;;;;;;1D;. The summed E-state index contributed by atoms with van der Waals surface area (Å²) in [6, 6.07) is -0.832. The predicted octanol–water partition coefficient (Wildman–Crippen LogP) is 6.96. The summed E-state index contributed by atoms with van der Waals surface area (Å²) >= 11 is 7.62. The Kier molecular flexibility index (Phi) is 61.8. The van der Waals surface area contributed by atoms with Crippen molar-refractivity contribution in [2.24, 2.45) is 26.2 Å².